The fraction of sp³-hybridized carbons (Fsp3) is 0.571. The van der Waals surface area contributed by atoms with Crippen molar-refractivity contribution in [2.45, 2.75) is 11.3 Å². The van der Waals surface area contributed by atoms with Crippen molar-refractivity contribution in [2.75, 3.05) is 46.3 Å². The summed E-state index contributed by atoms with van der Waals surface area (Å²) in [4.78, 5) is 3.16. The molecule has 3 N–H and O–H groups in total. The summed E-state index contributed by atoms with van der Waals surface area (Å²) in [5, 5.41) is 0.540. The van der Waals surface area contributed by atoms with Gasteiger partial charge >= 0.3 is 0 Å². The summed E-state index contributed by atoms with van der Waals surface area (Å²) in [6, 6.07) is 4.44. The molecule has 0 unspecified atom stereocenters. The van der Waals surface area contributed by atoms with Gasteiger partial charge in [-0.15, -0.1) is 0 Å². The number of nitrogens with one attached hydrogen (secondary N) is 3. The highest BCUT2D eigenvalue weighted by Gasteiger charge is 2.21. The molecule has 1 heterocycles. The molecular weight excluding hydrogens is 345 g/mol. The molecule has 0 spiro atoms. The van der Waals surface area contributed by atoms with Gasteiger partial charge in [-0.1, -0.05) is 23.2 Å². The Kier molecular flexibility index (Phi) is 6.49. The minimum atomic E-state index is -3.60. The van der Waals surface area contributed by atoms with E-state index in [1.165, 1.54) is 25.2 Å². The lowest BCUT2D eigenvalue weighted by molar-refractivity contribution is -1.00. The molecule has 1 fully saturated rings. The lowest BCUT2D eigenvalue weighted by Crippen LogP contribution is -3.27. The van der Waals surface area contributed by atoms with Crippen LogP contribution in [0.1, 0.15) is 6.42 Å². The van der Waals surface area contributed by atoms with E-state index in [1.807, 2.05) is 0 Å². The van der Waals surface area contributed by atoms with Crippen molar-refractivity contribution in [2.24, 2.45) is 0 Å². The van der Waals surface area contributed by atoms with E-state index in [4.69, 9.17) is 23.2 Å². The first-order valence-electron chi connectivity index (χ1n) is 7.48. The third-order valence-corrected chi connectivity index (χ3v) is 6.17. The second kappa shape index (κ2) is 7.95. The van der Waals surface area contributed by atoms with Crippen LogP contribution in [-0.2, 0) is 10.0 Å². The molecule has 0 saturated carbocycles. The first-order valence-corrected chi connectivity index (χ1v) is 9.72. The number of hydrogen-bond acceptors (Lipinski definition) is 2. The molecule has 5 nitrogen and oxygen atoms in total. The molecule has 124 valence electrons. The maximum absolute atomic E-state index is 12.2. The van der Waals surface area contributed by atoms with Crippen LogP contribution in [0.15, 0.2) is 23.1 Å². The van der Waals surface area contributed by atoms with E-state index >= 15 is 0 Å². The van der Waals surface area contributed by atoms with Crippen molar-refractivity contribution in [1.29, 1.82) is 0 Å². The number of piperazine rings is 1. The molecule has 0 amide bonds. The smallest absolute Gasteiger partial charge is 0.242 e. The van der Waals surface area contributed by atoms with Crippen molar-refractivity contribution >= 4 is 33.2 Å². The van der Waals surface area contributed by atoms with Crippen molar-refractivity contribution in [1.82, 2.24) is 4.72 Å². The largest absolute Gasteiger partial charge is 0.328 e. The Bertz CT molecular complexity index is 602. The Morgan fingerprint density at radius 1 is 1.18 bits per heavy atom. The standard InChI is InChI=1S/C14H21Cl2N3O2S/c1-18-7-9-19(10-8-18)6-2-5-17-22(20,21)14-11-12(15)3-4-13(14)16/h3-4,11,17H,2,5-10H2,1H3/p+2. The van der Waals surface area contributed by atoms with Crippen molar-refractivity contribution < 1.29 is 18.2 Å². The molecule has 0 aliphatic carbocycles. The molecule has 1 aliphatic rings. The van der Waals surface area contributed by atoms with Crippen molar-refractivity contribution in [3.63, 3.8) is 0 Å². The molecule has 1 saturated heterocycles. The van der Waals surface area contributed by atoms with E-state index in [1.54, 1.807) is 15.9 Å². The van der Waals surface area contributed by atoms with Crippen LogP contribution in [0.3, 0.4) is 0 Å². The van der Waals surface area contributed by atoms with E-state index in [2.05, 4.69) is 11.8 Å². The van der Waals surface area contributed by atoms with Crippen LogP contribution in [0.5, 0.6) is 0 Å². The zero-order valence-electron chi connectivity index (χ0n) is 12.7. The van der Waals surface area contributed by atoms with E-state index in [-0.39, 0.29) is 9.92 Å². The molecule has 1 aromatic carbocycles. The van der Waals surface area contributed by atoms with E-state index in [0.29, 0.717) is 11.6 Å². The molecule has 0 aromatic heterocycles. The second-order valence-corrected chi connectivity index (χ2v) is 8.36. The number of benzene rings is 1. The quantitative estimate of drug-likeness (QED) is 0.569. The SMILES string of the molecule is C[NH+]1CC[NH+](CCCNS(=O)(=O)c2cc(Cl)ccc2Cl)CC1. The lowest BCUT2D eigenvalue weighted by Gasteiger charge is -2.27. The normalized spacial score (nSPS) is 22.7. The zero-order chi connectivity index (χ0) is 16.2. The summed E-state index contributed by atoms with van der Waals surface area (Å²) >= 11 is 11.8. The predicted octanol–water partition coefficient (Wildman–Crippen LogP) is -0.925. The Morgan fingerprint density at radius 2 is 1.86 bits per heavy atom. The minimum absolute atomic E-state index is 0.0391. The van der Waals surface area contributed by atoms with Gasteiger partial charge in [-0.2, -0.15) is 0 Å². The van der Waals surface area contributed by atoms with Gasteiger partial charge in [0.1, 0.15) is 31.1 Å². The second-order valence-electron chi connectivity index (χ2n) is 5.78. The van der Waals surface area contributed by atoms with Gasteiger partial charge in [0.2, 0.25) is 10.0 Å². The summed E-state index contributed by atoms with van der Waals surface area (Å²) in [7, 11) is -1.40. The molecule has 0 atom stereocenters. The number of rotatable bonds is 6. The molecule has 1 aliphatic heterocycles. The van der Waals surface area contributed by atoms with Crippen LogP contribution in [0.25, 0.3) is 0 Å². The van der Waals surface area contributed by atoms with Gasteiger partial charge in [0, 0.05) is 18.0 Å². The summed E-state index contributed by atoms with van der Waals surface area (Å²) < 4.78 is 27.1. The van der Waals surface area contributed by atoms with Gasteiger partial charge in [0.05, 0.1) is 18.6 Å². The van der Waals surface area contributed by atoms with E-state index in [0.717, 1.165) is 26.1 Å². The Balaban J connectivity index is 1.82. The van der Waals surface area contributed by atoms with Gasteiger partial charge in [0.25, 0.3) is 0 Å². The molecule has 0 radical (unpaired) electrons. The summed E-state index contributed by atoms with van der Waals surface area (Å²) in [5.41, 5.74) is 0. The number of halogens is 2. The average molecular weight is 368 g/mol. The van der Waals surface area contributed by atoms with E-state index in [9.17, 15) is 8.42 Å². The van der Waals surface area contributed by atoms with Gasteiger partial charge in [-0.3, -0.25) is 0 Å². The Morgan fingerprint density at radius 3 is 2.55 bits per heavy atom. The van der Waals surface area contributed by atoms with Crippen LogP contribution in [0.2, 0.25) is 10.0 Å². The average Bonchev–Trinajstić information content (AvgIpc) is 2.48. The highest BCUT2D eigenvalue weighted by atomic mass is 35.5. The van der Waals surface area contributed by atoms with Crippen LogP contribution in [0.4, 0.5) is 0 Å². The maximum Gasteiger partial charge on any atom is 0.242 e. The number of hydrogen-bond donors (Lipinski definition) is 3. The first kappa shape index (κ1) is 18.0. The Hall–Kier alpha value is -0.370. The summed E-state index contributed by atoms with van der Waals surface area (Å²) in [5.74, 6) is 0. The minimum Gasteiger partial charge on any atom is -0.328 e. The molecule has 2 rings (SSSR count). The van der Waals surface area contributed by atoms with Gasteiger partial charge in [-0.25, -0.2) is 13.1 Å². The lowest BCUT2D eigenvalue weighted by atomic mass is 10.3. The van der Waals surface area contributed by atoms with Crippen LogP contribution < -0.4 is 14.5 Å². The summed E-state index contributed by atoms with van der Waals surface area (Å²) in [6.45, 7) is 6.06. The maximum atomic E-state index is 12.2. The highest BCUT2D eigenvalue weighted by molar-refractivity contribution is 7.89. The monoisotopic (exact) mass is 367 g/mol. The first-order chi connectivity index (χ1) is 10.4. The molecule has 1 aromatic rings. The zero-order valence-corrected chi connectivity index (χ0v) is 15.0. The fourth-order valence-electron chi connectivity index (χ4n) is 2.59. The molecule has 0 bridgehead atoms. The van der Waals surface area contributed by atoms with Crippen molar-refractivity contribution in [3.05, 3.63) is 28.2 Å². The fourth-order valence-corrected chi connectivity index (χ4v) is 4.42. The summed E-state index contributed by atoms with van der Waals surface area (Å²) in [6.07, 6.45) is 0.811. The number of quaternary nitrogens is 2. The third kappa shape index (κ3) is 5.08. The van der Waals surface area contributed by atoms with Crippen LogP contribution >= 0.6 is 23.2 Å². The third-order valence-electron chi connectivity index (χ3n) is 3.99. The van der Waals surface area contributed by atoms with Gasteiger partial charge in [-0.05, 0) is 18.2 Å². The molecule has 22 heavy (non-hydrogen) atoms. The van der Waals surface area contributed by atoms with E-state index < -0.39 is 10.0 Å². The molecule has 8 heteroatoms. The number of likely N-dealkylation sites (N-methyl/N-ethyl adjacent to an activating group) is 1. The van der Waals surface area contributed by atoms with Gasteiger partial charge < -0.3 is 9.80 Å². The van der Waals surface area contributed by atoms with Crippen LogP contribution in [0, 0.1) is 0 Å². The Labute approximate surface area is 142 Å². The molecular formula is C14H23Cl2N3O2S+2. The van der Waals surface area contributed by atoms with Crippen LogP contribution in [-0.4, -0.2) is 54.7 Å². The van der Waals surface area contributed by atoms with Gasteiger partial charge in [0.15, 0.2) is 0 Å². The highest BCUT2D eigenvalue weighted by Crippen LogP contribution is 2.24. The predicted molar refractivity (Wildman–Crippen MR) is 88.5 cm³/mol. The number of sulfonamides is 1. The topological polar surface area (TPSA) is 55.1 Å². The van der Waals surface area contributed by atoms with Crippen molar-refractivity contribution in [3.8, 4) is 0 Å².